The maximum atomic E-state index is 8.86. The average Bonchev–Trinajstić information content (AvgIpc) is 2.98. The second-order valence-corrected chi connectivity index (χ2v) is 3.06. The highest BCUT2D eigenvalue weighted by Crippen LogP contribution is 2.12. The molecule has 3 heteroatoms. The Balaban J connectivity index is 0.000000659. The van der Waals surface area contributed by atoms with Crippen molar-refractivity contribution >= 4 is 0 Å². The van der Waals surface area contributed by atoms with Crippen molar-refractivity contribution in [3.8, 4) is 11.8 Å². The van der Waals surface area contributed by atoms with Crippen LogP contribution in [-0.2, 0) is 0 Å². The van der Waals surface area contributed by atoms with Gasteiger partial charge in [-0.2, -0.15) is 10.4 Å². The third-order valence-corrected chi connectivity index (χ3v) is 2.11. The van der Waals surface area contributed by atoms with E-state index in [2.05, 4.69) is 11.2 Å². The van der Waals surface area contributed by atoms with Gasteiger partial charge in [0.05, 0.1) is 17.3 Å². The lowest BCUT2D eigenvalue weighted by atomic mass is 10.1. The molecule has 0 fully saturated rings. The van der Waals surface area contributed by atoms with E-state index in [0.717, 1.165) is 11.3 Å². The van der Waals surface area contributed by atoms with Crippen LogP contribution in [0.25, 0.3) is 5.69 Å². The average molecular weight is 243 g/mol. The van der Waals surface area contributed by atoms with Gasteiger partial charge in [-0.1, -0.05) is 33.8 Å². The summed E-state index contributed by atoms with van der Waals surface area (Å²) in [7, 11) is 0. The lowest BCUT2D eigenvalue weighted by Gasteiger charge is -2.03. The molecule has 1 aromatic carbocycles. The molecule has 2 aromatic rings. The van der Waals surface area contributed by atoms with Gasteiger partial charge in [0.15, 0.2) is 0 Å². The van der Waals surface area contributed by atoms with Crippen LogP contribution in [0.5, 0.6) is 0 Å². The number of rotatable bonds is 1. The normalized spacial score (nSPS) is 8.22. The largest absolute Gasteiger partial charge is 0.241 e. The van der Waals surface area contributed by atoms with Gasteiger partial charge in [0, 0.05) is 12.4 Å². The molecule has 96 valence electrons. The van der Waals surface area contributed by atoms with E-state index in [1.807, 2.05) is 65.1 Å². The van der Waals surface area contributed by atoms with E-state index < -0.39 is 0 Å². The molecule has 0 saturated carbocycles. The van der Waals surface area contributed by atoms with Crippen LogP contribution in [0.15, 0.2) is 36.7 Å². The number of nitrogens with zero attached hydrogens (tertiary/aromatic N) is 3. The van der Waals surface area contributed by atoms with Crippen LogP contribution >= 0.6 is 0 Å². The highest BCUT2D eigenvalue weighted by Gasteiger charge is 2.00. The Morgan fingerprint density at radius 1 is 1.17 bits per heavy atom. The summed E-state index contributed by atoms with van der Waals surface area (Å²) < 4.78 is 1.74. The summed E-state index contributed by atoms with van der Waals surface area (Å²) >= 11 is 0. The van der Waals surface area contributed by atoms with E-state index in [0.29, 0.717) is 5.56 Å². The van der Waals surface area contributed by atoms with Gasteiger partial charge in [0.2, 0.25) is 0 Å². The van der Waals surface area contributed by atoms with Gasteiger partial charge < -0.3 is 0 Å². The van der Waals surface area contributed by atoms with Crippen molar-refractivity contribution in [1.82, 2.24) is 9.78 Å². The third-order valence-electron chi connectivity index (χ3n) is 2.11. The zero-order valence-electron chi connectivity index (χ0n) is 11.8. The number of hydrogen-bond acceptors (Lipinski definition) is 2. The van der Waals surface area contributed by atoms with E-state index in [1.54, 1.807) is 10.9 Å². The SMILES string of the molecule is CC.CC.Cc1ccc(-n2cccn2)cc1C#N. The monoisotopic (exact) mass is 243 g/mol. The van der Waals surface area contributed by atoms with Crippen molar-refractivity contribution in [3.05, 3.63) is 47.8 Å². The summed E-state index contributed by atoms with van der Waals surface area (Å²) in [5, 5.41) is 13.0. The van der Waals surface area contributed by atoms with Crippen LogP contribution in [0.2, 0.25) is 0 Å². The van der Waals surface area contributed by atoms with E-state index >= 15 is 0 Å². The van der Waals surface area contributed by atoms with Crippen molar-refractivity contribution in [2.75, 3.05) is 0 Å². The predicted octanol–water partition coefficient (Wildman–Crippen LogP) is 4.10. The first-order chi connectivity index (χ1) is 8.81. The first-order valence-corrected chi connectivity index (χ1v) is 6.32. The lowest BCUT2D eigenvalue weighted by Crippen LogP contribution is -1.95. The lowest BCUT2D eigenvalue weighted by molar-refractivity contribution is 0.879. The minimum atomic E-state index is 0.693. The summed E-state index contributed by atoms with van der Waals surface area (Å²) in [5.41, 5.74) is 2.60. The third kappa shape index (κ3) is 4.06. The molecule has 1 aromatic heterocycles. The minimum absolute atomic E-state index is 0.693. The predicted molar refractivity (Wildman–Crippen MR) is 75.7 cm³/mol. The zero-order valence-corrected chi connectivity index (χ0v) is 11.8. The Morgan fingerprint density at radius 3 is 2.33 bits per heavy atom. The van der Waals surface area contributed by atoms with Gasteiger partial charge in [0.25, 0.3) is 0 Å². The Kier molecular flexibility index (Phi) is 7.96. The van der Waals surface area contributed by atoms with Gasteiger partial charge in [-0.3, -0.25) is 0 Å². The Labute approximate surface area is 110 Å². The Morgan fingerprint density at radius 2 is 1.83 bits per heavy atom. The summed E-state index contributed by atoms with van der Waals surface area (Å²) in [6.45, 7) is 9.92. The molecule has 0 aliphatic heterocycles. The number of hydrogen-bond donors (Lipinski definition) is 0. The molecular formula is C15H21N3. The summed E-state index contributed by atoms with van der Waals surface area (Å²) in [4.78, 5) is 0. The number of nitriles is 1. The molecule has 18 heavy (non-hydrogen) atoms. The fourth-order valence-electron chi connectivity index (χ4n) is 1.29. The van der Waals surface area contributed by atoms with Gasteiger partial charge in [-0.15, -0.1) is 0 Å². The Bertz CT molecular complexity index is 479. The van der Waals surface area contributed by atoms with Crippen molar-refractivity contribution in [2.45, 2.75) is 34.6 Å². The molecule has 0 amide bonds. The first kappa shape index (κ1) is 15.9. The van der Waals surface area contributed by atoms with E-state index in [-0.39, 0.29) is 0 Å². The fraction of sp³-hybridized carbons (Fsp3) is 0.333. The van der Waals surface area contributed by atoms with E-state index in [1.165, 1.54) is 0 Å². The van der Waals surface area contributed by atoms with Crippen LogP contribution in [-0.4, -0.2) is 9.78 Å². The molecule has 0 bridgehead atoms. The smallest absolute Gasteiger partial charge is 0.0995 e. The highest BCUT2D eigenvalue weighted by molar-refractivity contribution is 5.45. The van der Waals surface area contributed by atoms with E-state index in [9.17, 15) is 0 Å². The van der Waals surface area contributed by atoms with Crippen molar-refractivity contribution in [3.63, 3.8) is 0 Å². The summed E-state index contributed by atoms with van der Waals surface area (Å²) in [6, 6.07) is 9.72. The topological polar surface area (TPSA) is 41.6 Å². The molecule has 0 radical (unpaired) electrons. The van der Waals surface area contributed by atoms with Crippen LogP contribution in [0.3, 0.4) is 0 Å². The summed E-state index contributed by atoms with van der Waals surface area (Å²) in [6.07, 6.45) is 3.57. The van der Waals surface area contributed by atoms with E-state index in [4.69, 9.17) is 5.26 Å². The van der Waals surface area contributed by atoms with Crippen LogP contribution in [0.1, 0.15) is 38.8 Å². The van der Waals surface area contributed by atoms with Crippen molar-refractivity contribution < 1.29 is 0 Å². The molecule has 0 aliphatic rings. The standard InChI is InChI=1S/C11H9N3.2C2H6/c1-9-3-4-11(7-10(9)8-12)14-6-2-5-13-14;2*1-2/h2-7H,1H3;2*1-2H3. The van der Waals surface area contributed by atoms with Crippen LogP contribution in [0.4, 0.5) is 0 Å². The van der Waals surface area contributed by atoms with Gasteiger partial charge in [-0.25, -0.2) is 4.68 Å². The molecule has 0 spiro atoms. The minimum Gasteiger partial charge on any atom is -0.241 e. The fourth-order valence-corrected chi connectivity index (χ4v) is 1.29. The second-order valence-electron chi connectivity index (χ2n) is 3.06. The second kappa shape index (κ2) is 9.00. The number of benzene rings is 1. The Hall–Kier alpha value is -2.08. The molecule has 0 saturated heterocycles. The molecule has 0 atom stereocenters. The maximum Gasteiger partial charge on any atom is 0.0995 e. The molecule has 3 nitrogen and oxygen atoms in total. The molecule has 1 heterocycles. The van der Waals surface area contributed by atoms with Crippen LogP contribution < -0.4 is 0 Å². The number of aromatic nitrogens is 2. The van der Waals surface area contributed by atoms with Gasteiger partial charge >= 0.3 is 0 Å². The first-order valence-electron chi connectivity index (χ1n) is 6.32. The van der Waals surface area contributed by atoms with Gasteiger partial charge in [-0.05, 0) is 30.7 Å². The maximum absolute atomic E-state index is 8.86. The molecule has 0 N–H and O–H groups in total. The summed E-state index contributed by atoms with van der Waals surface area (Å²) in [5.74, 6) is 0. The molecule has 0 aliphatic carbocycles. The highest BCUT2D eigenvalue weighted by atomic mass is 15.3. The number of aryl methyl sites for hydroxylation is 1. The van der Waals surface area contributed by atoms with Crippen LogP contribution in [0, 0.1) is 18.3 Å². The zero-order chi connectivity index (χ0) is 14.0. The molecule has 2 rings (SSSR count). The van der Waals surface area contributed by atoms with Crippen molar-refractivity contribution in [2.24, 2.45) is 0 Å². The van der Waals surface area contributed by atoms with Crippen molar-refractivity contribution in [1.29, 1.82) is 5.26 Å². The molecule has 0 unspecified atom stereocenters. The quantitative estimate of drug-likeness (QED) is 0.756. The van der Waals surface area contributed by atoms with Gasteiger partial charge in [0.1, 0.15) is 0 Å². The molecular weight excluding hydrogens is 222 g/mol.